The molecule has 0 atom stereocenters. The van der Waals surface area contributed by atoms with Gasteiger partial charge >= 0.3 is 6.03 Å². The Morgan fingerprint density at radius 3 is 2.24 bits per heavy atom. The van der Waals surface area contributed by atoms with Crippen molar-refractivity contribution in [2.24, 2.45) is 15.8 Å². The molecule has 196 valence electrons. The summed E-state index contributed by atoms with van der Waals surface area (Å²) in [6, 6.07) is 22.6. The van der Waals surface area contributed by atoms with Crippen molar-refractivity contribution in [3.05, 3.63) is 89.5 Å². The lowest BCUT2D eigenvalue weighted by atomic mass is 9.84. The van der Waals surface area contributed by atoms with Crippen LogP contribution in [0.4, 0.5) is 16.2 Å². The van der Waals surface area contributed by atoms with Crippen LogP contribution < -0.4 is 16.0 Å². The maximum absolute atomic E-state index is 13.5. The molecule has 1 fully saturated rings. The van der Waals surface area contributed by atoms with E-state index in [-0.39, 0.29) is 6.03 Å². The third-order valence-corrected chi connectivity index (χ3v) is 7.48. The Kier molecular flexibility index (Phi) is 9.26. The standard InChI is InChI=1S/C29H32N6O2S/c1-38-26-17-13-24(14-18-26)32-29(37)35(25-15-11-22(12-16-25)21-5-3-2-4-6-21)19-20-7-9-23(10-8-20)27(36)33-28(30)34-31/h7-18,21,31H,2-6,19H2,1H3,(H,32,37)(H2,30,33,36). The van der Waals surface area contributed by atoms with Gasteiger partial charge in [-0.25, -0.2) is 10.3 Å². The second-order valence-electron chi connectivity index (χ2n) is 9.26. The molecule has 1 aliphatic rings. The zero-order valence-corrected chi connectivity index (χ0v) is 22.2. The highest BCUT2D eigenvalue weighted by Gasteiger charge is 2.19. The molecule has 1 aliphatic carbocycles. The van der Waals surface area contributed by atoms with Gasteiger partial charge in [0.1, 0.15) is 0 Å². The Bertz CT molecular complexity index is 1280. The minimum atomic E-state index is -0.577. The number of hydrogen-bond donors (Lipinski definition) is 3. The van der Waals surface area contributed by atoms with Crippen molar-refractivity contribution in [2.75, 3.05) is 16.5 Å². The quantitative estimate of drug-likeness (QED) is 0.130. The molecule has 3 aromatic rings. The fourth-order valence-corrected chi connectivity index (χ4v) is 5.05. The van der Waals surface area contributed by atoms with E-state index in [1.165, 1.54) is 37.7 Å². The van der Waals surface area contributed by atoms with Crippen molar-refractivity contribution in [2.45, 2.75) is 49.5 Å². The Balaban J connectivity index is 1.56. The maximum Gasteiger partial charge on any atom is 0.326 e. The third-order valence-electron chi connectivity index (χ3n) is 6.74. The summed E-state index contributed by atoms with van der Waals surface area (Å²) < 4.78 is 0. The minimum Gasteiger partial charge on any atom is -0.366 e. The zero-order valence-electron chi connectivity index (χ0n) is 21.4. The monoisotopic (exact) mass is 528 g/mol. The molecule has 0 aromatic heterocycles. The van der Waals surface area contributed by atoms with E-state index in [2.05, 4.69) is 27.6 Å². The molecule has 0 bridgehead atoms. The number of carbonyl (C=O) groups excluding carboxylic acids is 2. The number of benzene rings is 3. The molecule has 0 radical (unpaired) electrons. The number of aliphatic imine (C=N–C) groups is 1. The van der Waals surface area contributed by atoms with Gasteiger partial charge in [0.2, 0.25) is 5.96 Å². The molecule has 4 rings (SSSR count). The molecule has 0 saturated heterocycles. The normalized spacial score (nSPS) is 14.1. The minimum absolute atomic E-state index is 0.248. The Labute approximate surface area is 227 Å². The van der Waals surface area contributed by atoms with Crippen LogP contribution >= 0.6 is 11.8 Å². The molecular weight excluding hydrogens is 496 g/mol. The van der Waals surface area contributed by atoms with Crippen molar-refractivity contribution in [3.63, 3.8) is 0 Å². The molecule has 38 heavy (non-hydrogen) atoms. The van der Waals surface area contributed by atoms with Crippen LogP contribution in [0.15, 0.2) is 87.8 Å². The first-order valence-corrected chi connectivity index (χ1v) is 13.9. The van der Waals surface area contributed by atoms with E-state index >= 15 is 0 Å². The second kappa shape index (κ2) is 13.0. The number of urea groups is 1. The summed E-state index contributed by atoms with van der Waals surface area (Å²) in [7, 11) is 0. The van der Waals surface area contributed by atoms with Crippen molar-refractivity contribution >= 4 is 41.0 Å². The summed E-state index contributed by atoms with van der Waals surface area (Å²) in [5.74, 6) is -0.393. The van der Waals surface area contributed by atoms with Gasteiger partial charge < -0.3 is 11.1 Å². The van der Waals surface area contributed by atoms with E-state index in [9.17, 15) is 9.59 Å². The van der Waals surface area contributed by atoms with Crippen LogP contribution in [0.5, 0.6) is 0 Å². The average Bonchev–Trinajstić information content (AvgIpc) is 2.97. The highest BCUT2D eigenvalue weighted by atomic mass is 32.2. The van der Waals surface area contributed by atoms with Gasteiger partial charge in [-0.15, -0.1) is 16.9 Å². The summed E-state index contributed by atoms with van der Waals surface area (Å²) >= 11 is 1.65. The van der Waals surface area contributed by atoms with E-state index in [0.717, 1.165) is 16.1 Å². The maximum atomic E-state index is 13.5. The van der Waals surface area contributed by atoms with Gasteiger partial charge in [0.05, 0.1) is 6.54 Å². The lowest BCUT2D eigenvalue weighted by molar-refractivity contribution is 0.100. The summed E-state index contributed by atoms with van der Waals surface area (Å²) in [6.45, 7) is 0.305. The Hall–Kier alpha value is -3.98. The van der Waals surface area contributed by atoms with Gasteiger partial charge in [-0.05, 0) is 84.7 Å². The fourth-order valence-electron chi connectivity index (χ4n) is 4.64. The third kappa shape index (κ3) is 7.07. The molecule has 0 aliphatic heterocycles. The number of thioether (sulfide) groups is 1. The number of carbonyl (C=O) groups is 2. The van der Waals surface area contributed by atoms with Crippen LogP contribution in [-0.2, 0) is 6.54 Å². The number of hydrogen-bond acceptors (Lipinski definition) is 4. The molecule has 1 saturated carbocycles. The largest absolute Gasteiger partial charge is 0.366 e. The number of rotatable bonds is 7. The zero-order chi connectivity index (χ0) is 26.9. The number of anilines is 2. The first-order chi connectivity index (χ1) is 18.5. The first-order valence-electron chi connectivity index (χ1n) is 12.6. The number of nitrogens with one attached hydrogen (secondary N) is 2. The Morgan fingerprint density at radius 2 is 1.63 bits per heavy atom. The molecule has 8 nitrogen and oxygen atoms in total. The summed E-state index contributed by atoms with van der Waals surface area (Å²) in [5.41, 5.74) is 16.2. The van der Waals surface area contributed by atoms with Gasteiger partial charge in [-0.3, -0.25) is 9.69 Å². The van der Waals surface area contributed by atoms with Gasteiger partial charge in [0.25, 0.3) is 5.91 Å². The van der Waals surface area contributed by atoms with E-state index in [1.54, 1.807) is 40.9 Å². The van der Waals surface area contributed by atoms with Crippen LogP contribution in [0.25, 0.3) is 0 Å². The van der Waals surface area contributed by atoms with Crippen molar-refractivity contribution < 1.29 is 9.59 Å². The van der Waals surface area contributed by atoms with Gasteiger partial charge in [0, 0.05) is 21.8 Å². The van der Waals surface area contributed by atoms with Crippen LogP contribution in [0.2, 0.25) is 0 Å². The molecule has 3 amide bonds. The summed E-state index contributed by atoms with van der Waals surface area (Å²) in [5, 5.41) is 5.96. The number of guanidine groups is 1. The van der Waals surface area contributed by atoms with Crippen molar-refractivity contribution in [1.29, 1.82) is 5.53 Å². The van der Waals surface area contributed by atoms with E-state index in [0.29, 0.717) is 23.7 Å². The molecule has 0 unspecified atom stereocenters. The number of nitrogens with two attached hydrogens (primary N) is 1. The van der Waals surface area contributed by atoms with Crippen LogP contribution in [-0.4, -0.2) is 24.2 Å². The average molecular weight is 529 g/mol. The SMILES string of the molecule is CSc1ccc(NC(=O)N(Cc2ccc(C(=O)N=C(N)N=N)cc2)c2ccc(C3CCCCC3)cc2)cc1. The topological polar surface area (TPSA) is 124 Å². The lowest BCUT2D eigenvalue weighted by Gasteiger charge is -2.26. The summed E-state index contributed by atoms with van der Waals surface area (Å²) in [6.07, 6.45) is 8.29. The molecule has 3 aromatic carbocycles. The molecule has 0 heterocycles. The fraction of sp³-hybridized carbons (Fsp3) is 0.276. The van der Waals surface area contributed by atoms with Crippen LogP contribution in [0, 0.1) is 5.53 Å². The highest BCUT2D eigenvalue weighted by molar-refractivity contribution is 7.98. The predicted octanol–water partition coefficient (Wildman–Crippen LogP) is 7.18. The van der Waals surface area contributed by atoms with Crippen molar-refractivity contribution in [3.8, 4) is 0 Å². The summed E-state index contributed by atoms with van der Waals surface area (Å²) in [4.78, 5) is 32.1. The van der Waals surface area contributed by atoms with Crippen molar-refractivity contribution in [1.82, 2.24) is 0 Å². The smallest absolute Gasteiger partial charge is 0.326 e. The second-order valence-corrected chi connectivity index (χ2v) is 10.1. The molecule has 9 heteroatoms. The van der Waals surface area contributed by atoms with Gasteiger partial charge in [-0.1, -0.05) is 43.5 Å². The number of nitrogens with zero attached hydrogens (tertiary/aromatic N) is 3. The number of amides is 3. The van der Waals surface area contributed by atoms with Gasteiger partial charge in [-0.2, -0.15) is 4.99 Å². The van der Waals surface area contributed by atoms with E-state index in [4.69, 9.17) is 11.3 Å². The molecular formula is C29H32N6O2S. The first kappa shape index (κ1) is 27.1. The predicted molar refractivity (Wildman–Crippen MR) is 153 cm³/mol. The van der Waals surface area contributed by atoms with Crippen LogP contribution in [0.1, 0.15) is 59.5 Å². The van der Waals surface area contributed by atoms with Crippen LogP contribution in [0.3, 0.4) is 0 Å². The van der Waals surface area contributed by atoms with E-state index < -0.39 is 11.9 Å². The highest BCUT2D eigenvalue weighted by Crippen LogP contribution is 2.33. The Morgan fingerprint density at radius 1 is 0.974 bits per heavy atom. The molecule has 0 spiro atoms. The molecule has 4 N–H and O–H groups in total. The van der Waals surface area contributed by atoms with Gasteiger partial charge in [0.15, 0.2) is 0 Å². The van der Waals surface area contributed by atoms with E-state index in [1.807, 2.05) is 42.7 Å². The lowest BCUT2D eigenvalue weighted by Crippen LogP contribution is -2.34.